The average Bonchev–Trinajstić information content (AvgIpc) is 3.10. The van der Waals surface area contributed by atoms with Gasteiger partial charge in [0.2, 0.25) is 0 Å². The second-order valence-corrected chi connectivity index (χ2v) is 7.36. The Kier molecular flexibility index (Phi) is 4.94. The standard InChI is InChI=1S/C17H28N4O3/c1-13-8-14(2)21(18-13)5-3-4-19-9-15-10-20(6-7-22)12-17(15,11-19)16(23)24/h8,15,22H,3-7,9-12H2,1-2H3,(H,23,24)/t15-,17-/m0/s1. The minimum Gasteiger partial charge on any atom is -0.481 e. The van der Waals surface area contributed by atoms with Crippen molar-refractivity contribution in [3.63, 3.8) is 0 Å². The number of aliphatic hydroxyl groups is 1. The summed E-state index contributed by atoms with van der Waals surface area (Å²) in [6, 6.07) is 2.08. The monoisotopic (exact) mass is 336 g/mol. The maximum atomic E-state index is 11.9. The van der Waals surface area contributed by atoms with E-state index >= 15 is 0 Å². The Hall–Kier alpha value is -1.44. The van der Waals surface area contributed by atoms with Gasteiger partial charge in [-0.25, -0.2) is 0 Å². The lowest BCUT2D eigenvalue weighted by molar-refractivity contribution is -0.148. The van der Waals surface area contributed by atoms with Crippen molar-refractivity contribution >= 4 is 5.97 Å². The first-order chi connectivity index (χ1) is 11.4. The van der Waals surface area contributed by atoms with Gasteiger partial charge in [0, 0.05) is 50.9 Å². The van der Waals surface area contributed by atoms with Crippen LogP contribution in [0.15, 0.2) is 6.07 Å². The highest BCUT2D eigenvalue weighted by Crippen LogP contribution is 2.42. The highest BCUT2D eigenvalue weighted by Gasteiger charge is 2.57. The van der Waals surface area contributed by atoms with Crippen molar-refractivity contribution in [3.8, 4) is 0 Å². The van der Waals surface area contributed by atoms with Crippen molar-refractivity contribution < 1.29 is 15.0 Å². The van der Waals surface area contributed by atoms with Gasteiger partial charge in [-0.3, -0.25) is 14.4 Å². The molecule has 0 saturated carbocycles. The molecule has 3 rings (SSSR count). The van der Waals surface area contributed by atoms with Crippen LogP contribution < -0.4 is 0 Å². The maximum Gasteiger partial charge on any atom is 0.312 e. The quantitative estimate of drug-likeness (QED) is 0.740. The van der Waals surface area contributed by atoms with Crippen molar-refractivity contribution in [1.82, 2.24) is 19.6 Å². The summed E-state index contributed by atoms with van der Waals surface area (Å²) in [5.41, 5.74) is 1.55. The Balaban J connectivity index is 1.55. The predicted octanol–water partition coefficient (Wildman–Crippen LogP) is 0.201. The number of hydrogen-bond donors (Lipinski definition) is 2. The molecule has 0 radical (unpaired) electrons. The number of fused-ring (bicyclic) bond motifs is 1. The molecule has 0 bridgehead atoms. The second kappa shape index (κ2) is 6.82. The van der Waals surface area contributed by atoms with E-state index in [2.05, 4.69) is 27.9 Å². The molecule has 1 aromatic rings. The largest absolute Gasteiger partial charge is 0.481 e. The minimum absolute atomic E-state index is 0.0920. The van der Waals surface area contributed by atoms with E-state index in [4.69, 9.17) is 5.11 Å². The number of carbonyl (C=O) groups is 1. The van der Waals surface area contributed by atoms with Crippen LogP contribution in [0.3, 0.4) is 0 Å². The third-order valence-corrected chi connectivity index (χ3v) is 5.54. The van der Waals surface area contributed by atoms with E-state index in [0.717, 1.165) is 38.3 Å². The first-order valence-electron chi connectivity index (χ1n) is 8.74. The molecular formula is C17H28N4O3. The molecule has 0 aromatic carbocycles. The highest BCUT2D eigenvalue weighted by atomic mass is 16.4. The molecule has 2 saturated heterocycles. The van der Waals surface area contributed by atoms with Gasteiger partial charge in [-0.1, -0.05) is 0 Å². The van der Waals surface area contributed by atoms with Gasteiger partial charge in [-0.05, 0) is 32.9 Å². The lowest BCUT2D eigenvalue weighted by Gasteiger charge is -2.25. The van der Waals surface area contributed by atoms with Crippen LogP contribution in [0.1, 0.15) is 17.8 Å². The predicted molar refractivity (Wildman–Crippen MR) is 89.8 cm³/mol. The Morgan fingerprint density at radius 3 is 2.42 bits per heavy atom. The van der Waals surface area contributed by atoms with E-state index in [1.165, 1.54) is 5.69 Å². The first kappa shape index (κ1) is 17.4. The van der Waals surface area contributed by atoms with E-state index in [1.807, 2.05) is 11.6 Å². The van der Waals surface area contributed by atoms with Crippen molar-refractivity contribution in [2.75, 3.05) is 45.9 Å². The molecular weight excluding hydrogens is 308 g/mol. The molecule has 7 nitrogen and oxygen atoms in total. The van der Waals surface area contributed by atoms with E-state index in [-0.39, 0.29) is 12.5 Å². The fraction of sp³-hybridized carbons (Fsp3) is 0.765. The summed E-state index contributed by atoms with van der Waals surface area (Å²) in [6.07, 6.45) is 0.977. The number of carboxylic acid groups (broad SMARTS) is 1. The summed E-state index contributed by atoms with van der Waals surface area (Å²) in [6.45, 7) is 9.30. The molecule has 3 heterocycles. The number of aliphatic hydroxyl groups excluding tert-OH is 1. The zero-order valence-corrected chi connectivity index (χ0v) is 14.6. The van der Waals surface area contributed by atoms with Crippen LogP contribution in [0.2, 0.25) is 0 Å². The summed E-state index contributed by atoms with van der Waals surface area (Å²) in [7, 11) is 0. The summed E-state index contributed by atoms with van der Waals surface area (Å²) in [5, 5.41) is 23.4. The Morgan fingerprint density at radius 2 is 1.92 bits per heavy atom. The Bertz CT molecular complexity index is 603. The fourth-order valence-electron chi connectivity index (χ4n) is 4.40. The van der Waals surface area contributed by atoms with Crippen molar-refractivity contribution in [1.29, 1.82) is 0 Å². The summed E-state index contributed by atoms with van der Waals surface area (Å²) < 4.78 is 2.03. The molecule has 2 N–H and O–H groups in total. The third-order valence-electron chi connectivity index (χ3n) is 5.54. The Morgan fingerprint density at radius 1 is 1.25 bits per heavy atom. The molecule has 24 heavy (non-hydrogen) atoms. The van der Waals surface area contributed by atoms with E-state index in [0.29, 0.717) is 19.6 Å². The first-order valence-corrected chi connectivity index (χ1v) is 8.74. The molecule has 1 aromatic heterocycles. The zero-order chi connectivity index (χ0) is 17.3. The van der Waals surface area contributed by atoms with Gasteiger partial charge < -0.3 is 15.1 Å². The number of carboxylic acids is 1. The van der Waals surface area contributed by atoms with Crippen molar-refractivity contribution in [3.05, 3.63) is 17.5 Å². The number of aromatic nitrogens is 2. The van der Waals surface area contributed by atoms with Crippen molar-refractivity contribution in [2.45, 2.75) is 26.8 Å². The molecule has 2 aliphatic heterocycles. The van der Waals surface area contributed by atoms with Gasteiger partial charge in [-0.2, -0.15) is 5.10 Å². The van der Waals surface area contributed by atoms with E-state index in [9.17, 15) is 9.90 Å². The SMILES string of the molecule is Cc1cc(C)n(CCCN2C[C@H]3CN(CCO)C[C@@]3(C(=O)O)C2)n1. The number of hydrogen-bond acceptors (Lipinski definition) is 5. The van der Waals surface area contributed by atoms with Crippen LogP contribution in [0.4, 0.5) is 0 Å². The third kappa shape index (κ3) is 3.20. The zero-order valence-electron chi connectivity index (χ0n) is 14.6. The van der Waals surface area contributed by atoms with Gasteiger partial charge in [0.1, 0.15) is 0 Å². The average molecular weight is 336 g/mol. The number of aliphatic carboxylic acids is 1. The molecule has 0 spiro atoms. The molecule has 7 heteroatoms. The van der Waals surface area contributed by atoms with Crippen LogP contribution >= 0.6 is 0 Å². The smallest absolute Gasteiger partial charge is 0.312 e. The minimum atomic E-state index is -0.686. The maximum absolute atomic E-state index is 11.9. The molecule has 0 aliphatic carbocycles. The molecule has 2 atom stereocenters. The molecule has 2 fully saturated rings. The van der Waals surface area contributed by atoms with Gasteiger partial charge in [-0.15, -0.1) is 0 Å². The van der Waals surface area contributed by atoms with Crippen molar-refractivity contribution in [2.24, 2.45) is 11.3 Å². The van der Waals surface area contributed by atoms with Crippen LogP contribution in [0.25, 0.3) is 0 Å². The number of β-amino-alcohol motifs (C(OH)–C–C–N with tert-alkyl or cyclic N) is 1. The van der Waals surface area contributed by atoms with Gasteiger partial charge in [0.15, 0.2) is 0 Å². The van der Waals surface area contributed by atoms with Crippen LogP contribution in [-0.2, 0) is 11.3 Å². The molecule has 0 amide bonds. The van der Waals surface area contributed by atoms with Crippen LogP contribution in [0.5, 0.6) is 0 Å². The highest BCUT2D eigenvalue weighted by molar-refractivity contribution is 5.77. The normalized spacial score (nSPS) is 27.7. The topological polar surface area (TPSA) is 81.8 Å². The lowest BCUT2D eigenvalue weighted by Crippen LogP contribution is -2.41. The number of likely N-dealkylation sites (tertiary alicyclic amines) is 2. The fourth-order valence-corrected chi connectivity index (χ4v) is 4.40. The van der Waals surface area contributed by atoms with Crippen LogP contribution in [0, 0.1) is 25.2 Å². The number of aryl methyl sites for hydroxylation is 3. The summed E-state index contributed by atoms with van der Waals surface area (Å²) >= 11 is 0. The summed E-state index contributed by atoms with van der Waals surface area (Å²) in [5.74, 6) is -0.524. The van der Waals surface area contributed by atoms with Gasteiger partial charge in [0.25, 0.3) is 0 Å². The summed E-state index contributed by atoms with van der Waals surface area (Å²) in [4.78, 5) is 16.3. The van der Waals surface area contributed by atoms with E-state index in [1.54, 1.807) is 0 Å². The van der Waals surface area contributed by atoms with Gasteiger partial charge in [0.05, 0.1) is 17.7 Å². The van der Waals surface area contributed by atoms with Crippen LogP contribution in [-0.4, -0.2) is 81.6 Å². The lowest BCUT2D eigenvalue weighted by atomic mass is 9.81. The Labute approximate surface area is 142 Å². The molecule has 0 unspecified atom stereocenters. The van der Waals surface area contributed by atoms with E-state index < -0.39 is 11.4 Å². The molecule has 2 aliphatic rings. The second-order valence-electron chi connectivity index (χ2n) is 7.36. The number of nitrogens with zero attached hydrogens (tertiary/aromatic N) is 4. The molecule has 134 valence electrons. The van der Waals surface area contributed by atoms with Gasteiger partial charge >= 0.3 is 5.97 Å². The number of rotatable bonds is 7.